The fourth-order valence-electron chi connectivity index (χ4n) is 2.30. The molecule has 92 valence electrons. The molecule has 0 aromatic heterocycles. The lowest BCUT2D eigenvalue weighted by atomic mass is 9.97. The van der Waals surface area contributed by atoms with Crippen molar-refractivity contribution in [3.8, 4) is 0 Å². The van der Waals surface area contributed by atoms with Crippen molar-refractivity contribution in [3.63, 3.8) is 0 Å². The molecule has 0 radical (unpaired) electrons. The third-order valence-corrected chi connectivity index (χ3v) is 3.43. The van der Waals surface area contributed by atoms with Gasteiger partial charge in [0.1, 0.15) is 0 Å². The van der Waals surface area contributed by atoms with E-state index < -0.39 is 0 Å². The molecule has 0 unspecified atom stereocenters. The summed E-state index contributed by atoms with van der Waals surface area (Å²) in [7, 11) is 0. The van der Waals surface area contributed by atoms with Gasteiger partial charge in [-0.25, -0.2) is 0 Å². The van der Waals surface area contributed by atoms with Crippen molar-refractivity contribution in [2.45, 2.75) is 31.7 Å². The quantitative estimate of drug-likeness (QED) is 0.863. The number of nitrogens with zero attached hydrogens (tertiary/aromatic N) is 1. The molecule has 1 aliphatic heterocycles. The molecule has 2 atom stereocenters. The van der Waals surface area contributed by atoms with Crippen molar-refractivity contribution < 1.29 is 4.79 Å². The second-order valence-corrected chi connectivity index (χ2v) is 4.90. The van der Waals surface area contributed by atoms with Gasteiger partial charge in [0.2, 0.25) is 5.91 Å². The van der Waals surface area contributed by atoms with Gasteiger partial charge >= 0.3 is 0 Å². The Morgan fingerprint density at radius 1 is 1.47 bits per heavy atom. The van der Waals surface area contributed by atoms with Crippen LogP contribution in [0.25, 0.3) is 0 Å². The predicted octanol–water partition coefficient (Wildman–Crippen LogP) is 1.74. The van der Waals surface area contributed by atoms with Crippen LogP contribution in [-0.2, 0) is 4.79 Å². The highest BCUT2D eigenvalue weighted by Crippen LogP contribution is 2.20. The van der Waals surface area contributed by atoms with Crippen LogP contribution in [0.4, 0.5) is 0 Å². The standard InChI is InChI=1S/C14H20N2O/c1-11(12-5-3-2-4-6-12)9-14(17)16-8-7-13(15)10-16/h2-6,11,13H,7-10,15H2,1H3/t11-,13+/m0/s1. The summed E-state index contributed by atoms with van der Waals surface area (Å²) in [5, 5.41) is 0. The highest BCUT2D eigenvalue weighted by molar-refractivity contribution is 5.77. The number of benzene rings is 1. The van der Waals surface area contributed by atoms with Crippen molar-refractivity contribution in [1.29, 1.82) is 0 Å². The highest BCUT2D eigenvalue weighted by atomic mass is 16.2. The van der Waals surface area contributed by atoms with Crippen LogP contribution >= 0.6 is 0 Å². The lowest BCUT2D eigenvalue weighted by Crippen LogP contribution is -2.32. The zero-order valence-corrected chi connectivity index (χ0v) is 10.3. The first-order valence-corrected chi connectivity index (χ1v) is 6.25. The molecule has 1 saturated heterocycles. The summed E-state index contributed by atoms with van der Waals surface area (Å²) < 4.78 is 0. The van der Waals surface area contributed by atoms with Crippen LogP contribution in [0.5, 0.6) is 0 Å². The number of likely N-dealkylation sites (tertiary alicyclic amines) is 1. The Hall–Kier alpha value is -1.35. The van der Waals surface area contributed by atoms with Crippen LogP contribution in [0.1, 0.15) is 31.2 Å². The zero-order chi connectivity index (χ0) is 12.3. The number of hydrogen-bond donors (Lipinski definition) is 1. The number of nitrogens with two attached hydrogens (primary N) is 1. The Morgan fingerprint density at radius 3 is 2.76 bits per heavy atom. The predicted molar refractivity (Wildman–Crippen MR) is 68.6 cm³/mol. The highest BCUT2D eigenvalue weighted by Gasteiger charge is 2.24. The van der Waals surface area contributed by atoms with E-state index >= 15 is 0 Å². The smallest absolute Gasteiger partial charge is 0.223 e. The lowest BCUT2D eigenvalue weighted by molar-refractivity contribution is -0.130. The normalized spacial score (nSPS) is 21.5. The summed E-state index contributed by atoms with van der Waals surface area (Å²) in [5.41, 5.74) is 7.04. The topological polar surface area (TPSA) is 46.3 Å². The first-order chi connectivity index (χ1) is 8.16. The van der Waals surface area contributed by atoms with E-state index in [9.17, 15) is 4.79 Å². The Balaban J connectivity index is 1.91. The molecule has 1 amide bonds. The van der Waals surface area contributed by atoms with Crippen LogP contribution in [0.15, 0.2) is 30.3 Å². The second-order valence-electron chi connectivity index (χ2n) is 4.90. The molecule has 1 heterocycles. The Labute approximate surface area is 103 Å². The van der Waals surface area contributed by atoms with Crippen molar-refractivity contribution >= 4 is 5.91 Å². The van der Waals surface area contributed by atoms with E-state index in [0.29, 0.717) is 6.42 Å². The van der Waals surface area contributed by atoms with Gasteiger partial charge in [-0.1, -0.05) is 37.3 Å². The second kappa shape index (κ2) is 5.32. The Kier molecular flexibility index (Phi) is 3.79. The average molecular weight is 232 g/mol. The van der Waals surface area contributed by atoms with Crippen LogP contribution in [0.3, 0.4) is 0 Å². The molecular weight excluding hydrogens is 212 g/mol. The third kappa shape index (κ3) is 3.07. The first kappa shape index (κ1) is 12.1. The van der Waals surface area contributed by atoms with Gasteiger partial charge in [-0.3, -0.25) is 4.79 Å². The van der Waals surface area contributed by atoms with Crippen molar-refractivity contribution in [2.24, 2.45) is 5.73 Å². The number of amides is 1. The fraction of sp³-hybridized carbons (Fsp3) is 0.500. The Morgan fingerprint density at radius 2 is 2.18 bits per heavy atom. The van der Waals surface area contributed by atoms with E-state index in [1.54, 1.807) is 0 Å². The molecule has 1 aromatic rings. The molecule has 1 aliphatic rings. The fourth-order valence-corrected chi connectivity index (χ4v) is 2.30. The monoisotopic (exact) mass is 232 g/mol. The van der Waals surface area contributed by atoms with E-state index in [2.05, 4.69) is 19.1 Å². The molecule has 0 saturated carbocycles. The van der Waals surface area contributed by atoms with Gasteiger partial charge in [-0.2, -0.15) is 0 Å². The summed E-state index contributed by atoms with van der Waals surface area (Å²) in [6.45, 7) is 3.64. The molecule has 1 aromatic carbocycles. The number of carbonyl (C=O) groups excluding carboxylic acids is 1. The van der Waals surface area contributed by atoms with E-state index in [1.165, 1.54) is 5.56 Å². The summed E-state index contributed by atoms with van der Waals surface area (Å²) in [6.07, 6.45) is 1.52. The van der Waals surface area contributed by atoms with Gasteiger partial charge < -0.3 is 10.6 Å². The van der Waals surface area contributed by atoms with Gasteiger partial charge in [-0.15, -0.1) is 0 Å². The average Bonchev–Trinajstić information content (AvgIpc) is 2.77. The maximum Gasteiger partial charge on any atom is 0.223 e. The van der Waals surface area contributed by atoms with Crippen molar-refractivity contribution in [2.75, 3.05) is 13.1 Å². The molecule has 3 heteroatoms. The molecule has 0 bridgehead atoms. The molecule has 17 heavy (non-hydrogen) atoms. The minimum Gasteiger partial charge on any atom is -0.341 e. The minimum atomic E-state index is 0.172. The van der Waals surface area contributed by atoms with Crippen LogP contribution in [0.2, 0.25) is 0 Å². The van der Waals surface area contributed by atoms with Gasteiger partial charge in [0.15, 0.2) is 0 Å². The van der Waals surface area contributed by atoms with Crippen LogP contribution in [-0.4, -0.2) is 29.9 Å². The van der Waals surface area contributed by atoms with Crippen molar-refractivity contribution in [3.05, 3.63) is 35.9 Å². The number of rotatable bonds is 3. The summed E-state index contributed by atoms with van der Waals surface area (Å²) in [5.74, 6) is 0.509. The van der Waals surface area contributed by atoms with E-state index in [4.69, 9.17) is 5.73 Å². The van der Waals surface area contributed by atoms with Gasteiger partial charge in [0, 0.05) is 25.6 Å². The molecule has 1 fully saturated rings. The minimum absolute atomic E-state index is 0.172. The van der Waals surface area contributed by atoms with E-state index in [0.717, 1.165) is 19.5 Å². The van der Waals surface area contributed by atoms with Crippen LogP contribution < -0.4 is 5.73 Å². The number of hydrogen-bond acceptors (Lipinski definition) is 2. The molecule has 0 aliphatic carbocycles. The molecular formula is C14H20N2O. The summed E-state index contributed by atoms with van der Waals surface area (Å²) in [4.78, 5) is 13.9. The largest absolute Gasteiger partial charge is 0.341 e. The maximum absolute atomic E-state index is 12.0. The van der Waals surface area contributed by atoms with Gasteiger partial charge in [-0.05, 0) is 17.9 Å². The Bertz CT molecular complexity index is 377. The van der Waals surface area contributed by atoms with Crippen LogP contribution in [0, 0.1) is 0 Å². The lowest BCUT2D eigenvalue weighted by Gasteiger charge is -2.18. The van der Waals surface area contributed by atoms with E-state index in [-0.39, 0.29) is 17.9 Å². The number of carbonyl (C=O) groups is 1. The summed E-state index contributed by atoms with van der Waals surface area (Å²) in [6, 6.07) is 10.4. The first-order valence-electron chi connectivity index (χ1n) is 6.25. The molecule has 0 spiro atoms. The SMILES string of the molecule is C[C@@H](CC(=O)N1CC[C@@H](N)C1)c1ccccc1. The molecule has 2 N–H and O–H groups in total. The van der Waals surface area contributed by atoms with Gasteiger partial charge in [0.05, 0.1) is 0 Å². The summed E-state index contributed by atoms with van der Waals surface area (Å²) >= 11 is 0. The maximum atomic E-state index is 12.0. The van der Waals surface area contributed by atoms with Gasteiger partial charge in [0.25, 0.3) is 0 Å². The molecule has 3 nitrogen and oxygen atoms in total. The zero-order valence-electron chi connectivity index (χ0n) is 10.3. The molecule has 2 rings (SSSR count). The van der Waals surface area contributed by atoms with Crippen molar-refractivity contribution in [1.82, 2.24) is 4.90 Å². The third-order valence-electron chi connectivity index (χ3n) is 3.43. The van der Waals surface area contributed by atoms with E-state index in [1.807, 2.05) is 23.1 Å².